The molecule has 0 spiro atoms. The number of hydrogen-bond acceptors (Lipinski definition) is 2. The maximum Gasteiger partial charge on any atom is 0.229 e. The minimum absolute atomic E-state index is 0. The molecule has 1 amide bonds. The van der Waals surface area contributed by atoms with E-state index in [0.717, 1.165) is 44.6 Å². The molecule has 1 saturated heterocycles. The predicted octanol–water partition coefficient (Wildman–Crippen LogP) is 4.80. The normalized spacial score (nSPS) is 15.4. The van der Waals surface area contributed by atoms with Crippen LogP contribution in [-0.4, -0.2) is 36.5 Å². The van der Waals surface area contributed by atoms with E-state index in [1.54, 1.807) is 0 Å². The Morgan fingerprint density at radius 3 is 2.11 bits per heavy atom. The number of carbonyl (C=O) groups is 1. The number of rotatable bonds is 6. The Balaban J connectivity index is 0.00000261. The van der Waals surface area contributed by atoms with Crippen LogP contribution >= 0.6 is 12.4 Å². The van der Waals surface area contributed by atoms with Gasteiger partial charge in [-0.15, -0.1) is 12.4 Å². The third kappa shape index (κ3) is 5.82. The Bertz CT molecular complexity index is 682. The molecule has 27 heavy (non-hydrogen) atoms. The van der Waals surface area contributed by atoms with Gasteiger partial charge in [0.15, 0.2) is 0 Å². The van der Waals surface area contributed by atoms with Crippen molar-refractivity contribution in [3.05, 3.63) is 66.2 Å². The molecule has 146 valence electrons. The highest BCUT2D eigenvalue weighted by atomic mass is 35.5. The molecule has 0 radical (unpaired) electrons. The maximum atomic E-state index is 12.8. The second-order valence-corrected chi connectivity index (χ2v) is 7.51. The zero-order valence-corrected chi connectivity index (χ0v) is 17.2. The highest BCUT2D eigenvalue weighted by molar-refractivity contribution is 5.95. The lowest BCUT2D eigenvalue weighted by atomic mass is 9.99. The molecule has 3 nitrogen and oxygen atoms in total. The average Bonchev–Trinajstić information content (AvgIpc) is 2.69. The maximum absolute atomic E-state index is 12.8. The molecule has 1 heterocycles. The van der Waals surface area contributed by atoms with Crippen LogP contribution in [0.25, 0.3) is 0 Å². The predicted molar refractivity (Wildman–Crippen MR) is 116 cm³/mol. The molecule has 0 aromatic heterocycles. The van der Waals surface area contributed by atoms with E-state index < -0.39 is 0 Å². The Hall–Kier alpha value is -1.84. The molecule has 0 unspecified atom stereocenters. The van der Waals surface area contributed by atoms with Crippen LogP contribution in [-0.2, 0) is 11.2 Å². The van der Waals surface area contributed by atoms with Gasteiger partial charge in [-0.05, 0) is 37.0 Å². The van der Waals surface area contributed by atoms with Crippen molar-refractivity contribution in [3.63, 3.8) is 0 Å². The van der Waals surface area contributed by atoms with Crippen LogP contribution in [0.15, 0.2) is 60.7 Å². The van der Waals surface area contributed by atoms with Crippen molar-refractivity contribution in [2.75, 3.05) is 24.5 Å². The number of likely N-dealkylation sites (tertiary alicyclic amines) is 1. The van der Waals surface area contributed by atoms with Gasteiger partial charge < -0.3 is 9.80 Å². The van der Waals surface area contributed by atoms with Gasteiger partial charge in [0.25, 0.3) is 0 Å². The monoisotopic (exact) mass is 386 g/mol. The fourth-order valence-electron chi connectivity index (χ4n) is 3.72. The summed E-state index contributed by atoms with van der Waals surface area (Å²) in [5, 5.41) is 0. The Kier molecular flexibility index (Phi) is 8.33. The number of nitrogens with zero attached hydrogens (tertiary/aromatic N) is 2. The highest BCUT2D eigenvalue weighted by Crippen LogP contribution is 2.25. The number of anilines is 1. The van der Waals surface area contributed by atoms with Gasteiger partial charge in [0.05, 0.1) is 0 Å². The standard InChI is InChI=1S/C23H30N2O.ClH/c1-19(2)23(26)25(21-11-7-4-8-12-21)22-14-17-24(18-15-22)16-13-20-9-5-3-6-10-20;/h3-12,19,22H,13-18H2,1-2H3;1H. The van der Waals surface area contributed by atoms with E-state index in [1.165, 1.54) is 5.56 Å². The van der Waals surface area contributed by atoms with Crippen LogP contribution in [0.4, 0.5) is 5.69 Å². The van der Waals surface area contributed by atoms with Crippen LogP contribution in [0, 0.1) is 5.92 Å². The first-order valence-corrected chi connectivity index (χ1v) is 9.79. The summed E-state index contributed by atoms with van der Waals surface area (Å²) in [6, 6.07) is 21.1. The number of halogens is 1. The van der Waals surface area contributed by atoms with Gasteiger partial charge in [-0.3, -0.25) is 4.79 Å². The lowest BCUT2D eigenvalue weighted by Crippen LogP contribution is -2.49. The number of amides is 1. The summed E-state index contributed by atoms with van der Waals surface area (Å²) < 4.78 is 0. The van der Waals surface area contributed by atoms with Crippen molar-refractivity contribution in [2.45, 2.75) is 39.2 Å². The Labute approximate surface area is 169 Å². The topological polar surface area (TPSA) is 23.6 Å². The molecule has 1 fully saturated rings. The third-order valence-corrected chi connectivity index (χ3v) is 5.25. The van der Waals surface area contributed by atoms with Gasteiger partial charge in [0.2, 0.25) is 5.91 Å². The molecule has 1 aliphatic rings. The van der Waals surface area contributed by atoms with Crippen LogP contribution in [0.1, 0.15) is 32.3 Å². The van der Waals surface area contributed by atoms with Crippen LogP contribution in [0.5, 0.6) is 0 Å². The zero-order chi connectivity index (χ0) is 18.4. The minimum Gasteiger partial charge on any atom is -0.309 e. The minimum atomic E-state index is 0. The fourth-order valence-corrected chi connectivity index (χ4v) is 3.72. The van der Waals surface area contributed by atoms with Crippen LogP contribution < -0.4 is 4.90 Å². The molecule has 0 bridgehead atoms. The van der Waals surface area contributed by atoms with Crippen molar-refractivity contribution in [3.8, 4) is 0 Å². The lowest BCUT2D eigenvalue weighted by molar-refractivity contribution is -0.122. The molecule has 0 atom stereocenters. The van der Waals surface area contributed by atoms with E-state index in [0.29, 0.717) is 6.04 Å². The van der Waals surface area contributed by atoms with Crippen molar-refractivity contribution in [2.24, 2.45) is 5.92 Å². The molecule has 0 saturated carbocycles. The van der Waals surface area contributed by atoms with Gasteiger partial charge in [-0.25, -0.2) is 0 Å². The Morgan fingerprint density at radius 1 is 1.00 bits per heavy atom. The summed E-state index contributed by atoms with van der Waals surface area (Å²) in [5.41, 5.74) is 2.43. The summed E-state index contributed by atoms with van der Waals surface area (Å²) >= 11 is 0. The van der Waals surface area contributed by atoms with Crippen LogP contribution in [0.3, 0.4) is 0 Å². The molecule has 4 heteroatoms. The summed E-state index contributed by atoms with van der Waals surface area (Å²) in [6.45, 7) is 7.21. The van der Waals surface area contributed by atoms with Gasteiger partial charge in [-0.2, -0.15) is 0 Å². The van der Waals surface area contributed by atoms with Crippen molar-refractivity contribution in [1.29, 1.82) is 0 Å². The number of piperidine rings is 1. The largest absolute Gasteiger partial charge is 0.309 e. The number of benzene rings is 2. The molecule has 2 aromatic carbocycles. The summed E-state index contributed by atoms with van der Waals surface area (Å²) in [4.78, 5) is 17.4. The first-order chi connectivity index (χ1) is 12.6. The first kappa shape index (κ1) is 21.5. The summed E-state index contributed by atoms with van der Waals surface area (Å²) in [5.74, 6) is 0.255. The molecule has 2 aromatic rings. The Morgan fingerprint density at radius 2 is 1.56 bits per heavy atom. The molecule has 3 rings (SSSR count). The number of carbonyl (C=O) groups excluding carboxylic acids is 1. The molecule has 0 N–H and O–H groups in total. The molecule has 1 aliphatic heterocycles. The number of para-hydroxylation sites is 1. The van der Waals surface area contributed by atoms with Crippen molar-refractivity contribution >= 4 is 24.0 Å². The van der Waals surface area contributed by atoms with Crippen molar-refractivity contribution in [1.82, 2.24) is 4.90 Å². The van der Waals surface area contributed by atoms with Gasteiger partial charge in [-0.1, -0.05) is 62.4 Å². The molecular weight excluding hydrogens is 356 g/mol. The first-order valence-electron chi connectivity index (χ1n) is 9.79. The average molecular weight is 387 g/mol. The van der Waals surface area contributed by atoms with E-state index >= 15 is 0 Å². The van der Waals surface area contributed by atoms with E-state index in [9.17, 15) is 4.79 Å². The SMILES string of the molecule is CC(C)C(=O)N(c1ccccc1)C1CCN(CCc2ccccc2)CC1.Cl. The van der Waals surface area contributed by atoms with Crippen LogP contribution in [0.2, 0.25) is 0 Å². The van der Waals surface area contributed by atoms with E-state index in [4.69, 9.17) is 0 Å². The van der Waals surface area contributed by atoms with E-state index in [2.05, 4.69) is 52.3 Å². The lowest BCUT2D eigenvalue weighted by Gasteiger charge is -2.39. The highest BCUT2D eigenvalue weighted by Gasteiger charge is 2.30. The van der Waals surface area contributed by atoms with E-state index in [-0.39, 0.29) is 24.2 Å². The second-order valence-electron chi connectivity index (χ2n) is 7.51. The smallest absolute Gasteiger partial charge is 0.229 e. The van der Waals surface area contributed by atoms with Gasteiger partial charge >= 0.3 is 0 Å². The van der Waals surface area contributed by atoms with Crippen molar-refractivity contribution < 1.29 is 4.79 Å². The van der Waals surface area contributed by atoms with E-state index in [1.807, 2.05) is 32.0 Å². The van der Waals surface area contributed by atoms with Gasteiger partial charge in [0.1, 0.15) is 0 Å². The third-order valence-electron chi connectivity index (χ3n) is 5.25. The molecular formula is C23H31ClN2O. The fraction of sp³-hybridized carbons (Fsp3) is 0.435. The van der Waals surface area contributed by atoms with Gasteiger partial charge in [0, 0.05) is 37.3 Å². The second kappa shape index (κ2) is 10.5. The number of hydrogen-bond donors (Lipinski definition) is 0. The summed E-state index contributed by atoms with van der Waals surface area (Å²) in [6.07, 6.45) is 3.18. The zero-order valence-electron chi connectivity index (χ0n) is 16.4. The summed E-state index contributed by atoms with van der Waals surface area (Å²) in [7, 11) is 0. The molecule has 0 aliphatic carbocycles. The quantitative estimate of drug-likeness (QED) is 0.711.